The normalized spacial score (nSPS) is 10.2. The molecule has 0 bridgehead atoms. The lowest BCUT2D eigenvalue weighted by molar-refractivity contribution is 0.0787. The Morgan fingerprint density at radius 2 is 2.24 bits per heavy atom. The van der Waals surface area contributed by atoms with Crippen LogP contribution in [-0.2, 0) is 4.74 Å². The van der Waals surface area contributed by atoms with E-state index in [2.05, 4.69) is 11.4 Å². The van der Waals surface area contributed by atoms with Crippen LogP contribution in [0, 0.1) is 11.3 Å². The molecule has 0 saturated carbocycles. The van der Waals surface area contributed by atoms with Gasteiger partial charge in [-0.2, -0.15) is 5.26 Å². The Morgan fingerprint density at radius 1 is 1.47 bits per heavy atom. The van der Waals surface area contributed by atoms with Crippen molar-refractivity contribution in [2.75, 3.05) is 24.2 Å². The van der Waals surface area contributed by atoms with Gasteiger partial charge in [0.25, 0.3) is 0 Å². The van der Waals surface area contributed by atoms with Crippen LogP contribution in [0.1, 0.15) is 25.8 Å². The minimum atomic E-state index is 0.273. The van der Waals surface area contributed by atoms with Gasteiger partial charge in [-0.05, 0) is 38.5 Å². The number of nitrogens with one attached hydrogen (secondary N) is 1. The number of rotatable bonds is 6. The molecule has 0 amide bonds. The summed E-state index contributed by atoms with van der Waals surface area (Å²) in [5.74, 6) is 0. The molecule has 0 saturated heterocycles. The molecule has 0 heterocycles. The third-order valence-electron chi connectivity index (χ3n) is 2.27. The lowest BCUT2D eigenvalue weighted by Gasteiger charge is -2.10. The maximum Gasteiger partial charge on any atom is 0.0992 e. The maximum atomic E-state index is 8.71. The molecule has 0 aliphatic heterocycles. The van der Waals surface area contributed by atoms with Crippen molar-refractivity contribution in [3.05, 3.63) is 23.8 Å². The molecule has 92 valence electrons. The largest absolute Gasteiger partial charge is 0.397 e. The molecule has 3 N–H and O–H groups in total. The zero-order valence-electron chi connectivity index (χ0n) is 10.4. The Morgan fingerprint density at radius 3 is 2.82 bits per heavy atom. The van der Waals surface area contributed by atoms with E-state index in [1.807, 2.05) is 19.9 Å². The van der Waals surface area contributed by atoms with Crippen LogP contribution in [0.3, 0.4) is 0 Å². The Hall–Kier alpha value is -1.73. The molecule has 0 atom stereocenters. The van der Waals surface area contributed by atoms with Crippen molar-refractivity contribution in [3.63, 3.8) is 0 Å². The molecule has 0 spiro atoms. The van der Waals surface area contributed by atoms with Crippen molar-refractivity contribution in [1.29, 1.82) is 5.26 Å². The minimum absolute atomic E-state index is 0.273. The summed E-state index contributed by atoms with van der Waals surface area (Å²) in [4.78, 5) is 0. The van der Waals surface area contributed by atoms with Gasteiger partial charge in [-0.15, -0.1) is 0 Å². The monoisotopic (exact) mass is 233 g/mol. The summed E-state index contributed by atoms with van der Waals surface area (Å²) in [7, 11) is 0. The smallest absolute Gasteiger partial charge is 0.0992 e. The van der Waals surface area contributed by atoms with Gasteiger partial charge in [-0.3, -0.25) is 0 Å². The van der Waals surface area contributed by atoms with Crippen molar-refractivity contribution in [2.45, 2.75) is 26.4 Å². The average Bonchev–Trinajstić information content (AvgIpc) is 2.30. The summed E-state index contributed by atoms with van der Waals surface area (Å²) in [5, 5.41) is 11.9. The van der Waals surface area contributed by atoms with Crippen molar-refractivity contribution < 1.29 is 4.74 Å². The van der Waals surface area contributed by atoms with Gasteiger partial charge in [0, 0.05) is 13.2 Å². The zero-order valence-corrected chi connectivity index (χ0v) is 10.4. The minimum Gasteiger partial charge on any atom is -0.397 e. The molecule has 4 heteroatoms. The fourth-order valence-corrected chi connectivity index (χ4v) is 1.41. The number of benzene rings is 1. The third-order valence-corrected chi connectivity index (χ3v) is 2.27. The van der Waals surface area contributed by atoms with E-state index in [4.69, 9.17) is 15.7 Å². The van der Waals surface area contributed by atoms with Gasteiger partial charge in [0.1, 0.15) is 0 Å². The SMILES string of the molecule is CC(C)OCCCNc1ccc(C#N)cc1N. The van der Waals surface area contributed by atoms with Crippen molar-refractivity contribution in [2.24, 2.45) is 0 Å². The number of anilines is 2. The van der Waals surface area contributed by atoms with Gasteiger partial charge in [0.2, 0.25) is 0 Å². The Kier molecular flexibility index (Phi) is 5.31. The summed E-state index contributed by atoms with van der Waals surface area (Å²) in [6, 6.07) is 7.31. The molecule has 1 aromatic rings. The summed E-state index contributed by atoms with van der Waals surface area (Å²) in [6.45, 7) is 5.59. The van der Waals surface area contributed by atoms with Crippen LogP contribution in [-0.4, -0.2) is 19.3 Å². The van der Waals surface area contributed by atoms with Gasteiger partial charge < -0.3 is 15.8 Å². The highest BCUT2D eigenvalue weighted by Gasteiger charge is 2.00. The van der Waals surface area contributed by atoms with E-state index in [-0.39, 0.29) is 6.10 Å². The first-order valence-electron chi connectivity index (χ1n) is 5.78. The first kappa shape index (κ1) is 13.3. The lowest BCUT2D eigenvalue weighted by atomic mass is 10.2. The third kappa shape index (κ3) is 4.75. The number of nitrogen functional groups attached to an aromatic ring is 1. The fraction of sp³-hybridized carbons (Fsp3) is 0.462. The second kappa shape index (κ2) is 6.77. The Labute approximate surface area is 102 Å². The van der Waals surface area contributed by atoms with Gasteiger partial charge in [-0.1, -0.05) is 0 Å². The van der Waals surface area contributed by atoms with E-state index < -0.39 is 0 Å². The highest BCUT2D eigenvalue weighted by atomic mass is 16.5. The first-order valence-corrected chi connectivity index (χ1v) is 5.78. The summed E-state index contributed by atoms with van der Waals surface area (Å²) >= 11 is 0. The van der Waals surface area contributed by atoms with Crippen LogP contribution in [0.25, 0.3) is 0 Å². The van der Waals surface area contributed by atoms with Crippen molar-refractivity contribution >= 4 is 11.4 Å². The molecule has 1 aromatic carbocycles. The van der Waals surface area contributed by atoms with E-state index in [0.29, 0.717) is 11.3 Å². The second-order valence-electron chi connectivity index (χ2n) is 4.11. The molecular weight excluding hydrogens is 214 g/mol. The van der Waals surface area contributed by atoms with E-state index in [0.717, 1.165) is 25.3 Å². The van der Waals surface area contributed by atoms with Gasteiger partial charge >= 0.3 is 0 Å². The van der Waals surface area contributed by atoms with E-state index >= 15 is 0 Å². The molecule has 0 aromatic heterocycles. The average molecular weight is 233 g/mol. The molecular formula is C13H19N3O. The highest BCUT2D eigenvalue weighted by Crippen LogP contribution is 2.19. The van der Waals surface area contributed by atoms with Crippen LogP contribution in [0.5, 0.6) is 0 Å². The van der Waals surface area contributed by atoms with Crippen LogP contribution in [0.2, 0.25) is 0 Å². The van der Waals surface area contributed by atoms with E-state index in [1.165, 1.54) is 0 Å². The van der Waals surface area contributed by atoms with Gasteiger partial charge in [0.05, 0.1) is 29.1 Å². The number of ether oxygens (including phenoxy) is 1. The van der Waals surface area contributed by atoms with Crippen LogP contribution >= 0.6 is 0 Å². The Balaban J connectivity index is 2.35. The van der Waals surface area contributed by atoms with Crippen molar-refractivity contribution in [1.82, 2.24) is 0 Å². The molecule has 17 heavy (non-hydrogen) atoms. The summed E-state index contributed by atoms with van der Waals surface area (Å²) < 4.78 is 5.43. The molecule has 0 unspecified atom stereocenters. The van der Waals surface area contributed by atoms with Crippen LogP contribution in [0.4, 0.5) is 11.4 Å². The Bertz CT molecular complexity index is 396. The zero-order chi connectivity index (χ0) is 12.7. The van der Waals surface area contributed by atoms with E-state index in [1.54, 1.807) is 12.1 Å². The van der Waals surface area contributed by atoms with Gasteiger partial charge in [-0.25, -0.2) is 0 Å². The lowest BCUT2D eigenvalue weighted by Crippen LogP contribution is -2.10. The van der Waals surface area contributed by atoms with Crippen LogP contribution in [0.15, 0.2) is 18.2 Å². The molecule has 0 aliphatic rings. The standard InChI is InChI=1S/C13H19N3O/c1-10(2)17-7-3-6-16-13-5-4-11(9-14)8-12(13)15/h4-5,8,10,16H,3,6-7,15H2,1-2H3. The maximum absolute atomic E-state index is 8.71. The van der Waals surface area contributed by atoms with E-state index in [9.17, 15) is 0 Å². The van der Waals surface area contributed by atoms with Gasteiger partial charge in [0.15, 0.2) is 0 Å². The molecule has 0 aliphatic carbocycles. The number of hydrogen-bond donors (Lipinski definition) is 2. The number of nitrogens with two attached hydrogens (primary N) is 1. The fourth-order valence-electron chi connectivity index (χ4n) is 1.41. The molecule has 0 fully saturated rings. The quantitative estimate of drug-likeness (QED) is 0.584. The van der Waals surface area contributed by atoms with Crippen LogP contribution < -0.4 is 11.1 Å². The second-order valence-corrected chi connectivity index (χ2v) is 4.11. The topological polar surface area (TPSA) is 71.1 Å². The number of nitrogens with zero attached hydrogens (tertiary/aromatic N) is 1. The highest BCUT2D eigenvalue weighted by molar-refractivity contribution is 5.68. The number of hydrogen-bond acceptors (Lipinski definition) is 4. The predicted molar refractivity (Wildman–Crippen MR) is 69.8 cm³/mol. The molecule has 4 nitrogen and oxygen atoms in total. The first-order chi connectivity index (χ1) is 8.13. The number of nitriles is 1. The van der Waals surface area contributed by atoms with Crippen molar-refractivity contribution in [3.8, 4) is 6.07 Å². The summed E-state index contributed by atoms with van der Waals surface area (Å²) in [5.41, 5.74) is 7.87. The summed E-state index contributed by atoms with van der Waals surface area (Å²) in [6.07, 6.45) is 1.20. The molecule has 1 rings (SSSR count). The molecule has 0 radical (unpaired) electrons. The predicted octanol–water partition coefficient (Wildman–Crippen LogP) is 2.37.